The predicted molar refractivity (Wildman–Crippen MR) is 218 cm³/mol. The SMILES string of the molecule is c1ccc(-c2ccc(N(c3cccc(-c4ccccc4)c3)c3ccc4c(ccc5c4ccc4nc(-c6ccc7ccccc7c6)oc45)c3)cc2)cc1. The van der Waals surface area contributed by atoms with E-state index in [9.17, 15) is 0 Å². The van der Waals surface area contributed by atoms with Gasteiger partial charge in [0, 0.05) is 28.0 Å². The summed E-state index contributed by atoms with van der Waals surface area (Å²) in [5.41, 5.74) is 10.7. The van der Waals surface area contributed by atoms with Crippen molar-refractivity contribution < 1.29 is 4.42 Å². The summed E-state index contributed by atoms with van der Waals surface area (Å²) in [6.45, 7) is 0. The number of aromatic nitrogens is 1. The normalized spacial score (nSPS) is 11.5. The fourth-order valence-corrected chi connectivity index (χ4v) is 7.44. The Bertz CT molecular complexity index is 2890. The first-order chi connectivity index (χ1) is 25.7. The summed E-state index contributed by atoms with van der Waals surface area (Å²) in [6.07, 6.45) is 0. The molecule has 52 heavy (non-hydrogen) atoms. The second-order valence-corrected chi connectivity index (χ2v) is 13.2. The molecule has 9 aromatic carbocycles. The molecule has 0 N–H and O–H groups in total. The van der Waals surface area contributed by atoms with Crippen molar-refractivity contribution in [2.45, 2.75) is 0 Å². The van der Waals surface area contributed by atoms with E-state index in [4.69, 9.17) is 9.40 Å². The summed E-state index contributed by atoms with van der Waals surface area (Å²) >= 11 is 0. The number of nitrogens with zero attached hydrogens (tertiary/aromatic N) is 2. The van der Waals surface area contributed by atoms with Crippen LogP contribution in [0, 0.1) is 0 Å². The lowest BCUT2D eigenvalue weighted by Gasteiger charge is -2.26. The van der Waals surface area contributed by atoms with E-state index in [1.54, 1.807) is 0 Å². The average Bonchev–Trinajstić information content (AvgIpc) is 3.67. The molecule has 3 heteroatoms. The van der Waals surface area contributed by atoms with Gasteiger partial charge in [-0.05, 0) is 110 Å². The lowest BCUT2D eigenvalue weighted by Crippen LogP contribution is -2.10. The maximum absolute atomic E-state index is 6.51. The van der Waals surface area contributed by atoms with Crippen molar-refractivity contribution in [1.29, 1.82) is 0 Å². The van der Waals surface area contributed by atoms with Crippen molar-refractivity contribution in [3.05, 3.63) is 194 Å². The molecule has 3 nitrogen and oxygen atoms in total. The van der Waals surface area contributed by atoms with E-state index in [0.29, 0.717) is 5.89 Å². The van der Waals surface area contributed by atoms with Crippen LogP contribution in [0.15, 0.2) is 199 Å². The summed E-state index contributed by atoms with van der Waals surface area (Å²) in [5, 5.41) is 6.89. The third-order valence-corrected chi connectivity index (χ3v) is 10.0. The highest BCUT2D eigenvalue weighted by Gasteiger charge is 2.17. The Morgan fingerprint density at radius 3 is 1.75 bits per heavy atom. The Kier molecular flexibility index (Phi) is 7.14. The van der Waals surface area contributed by atoms with Crippen molar-refractivity contribution in [1.82, 2.24) is 4.98 Å². The highest BCUT2D eigenvalue weighted by Crippen LogP contribution is 2.41. The fraction of sp³-hybridized carbons (Fsp3) is 0. The summed E-state index contributed by atoms with van der Waals surface area (Å²) in [5.74, 6) is 0.635. The minimum atomic E-state index is 0.635. The maximum atomic E-state index is 6.51. The minimum absolute atomic E-state index is 0.635. The molecule has 1 heterocycles. The van der Waals surface area contributed by atoms with E-state index in [0.717, 1.165) is 49.9 Å². The third-order valence-electron chi connectivity index (χ3n) is 10.0. The van der Waals surface area contributed by atoms with E-state index in [1.807, 2.05) is 0 Å². The molecule has 0 radical (unpaired) electrons. The number of oxazole rings is 1. The maximum Gasteiger partial charge on any atom is 0.227 e. The van der Waals surface area contributed by atoms with Gasteiger partial charge in [-0.1, -0.05) is 133 Å². The van der Waals surface area contributed by atoms with Gasteiger partial charge in [0.1, 0.15) is 5.52 Å². The monoisotopic (exact) mass is 664 g/mol. The molecular weight excluding hydrogens is 633 g/mol. The Morgan fingerprint density at radius 1 is 0.346 bits per heavy atom. The van der Waals surface area contributed by atoms with Gasteiger partial charge in [0.25, 0.3) is 0 Å². The van der Waals surface area contributed by atoms with E-state index >= 15 is 0 Å². The highest BCUT2D eigenvalue weighted by atomic mass is 16.3. The smallest absolute Gasteiger partial charge is 0.227 e. The second kappa shape index (κ2) is 12.4. The molecule has 10 rings (SSSR count). The van der Waals surface area contributed by atoms with Crippen LogP contribution in [0.25, 0.3) is 77.1 Å². The van der Waals surface area contributed by atoms with Crippen LogP contribution in [0.1, 0.15) is 0 Å². The fourth-order valence-electron chi connectivity index (χ4n) is 7.44. The number of anilines is 3. The molecule has 0 fully saturated rings. The molecule has 0 saturated heterocycles. The van der Waals surface area contributed by atoms with E-state index in [1.165, 1.54) is 38.4 Å². The van der Waals surface area contributed by atoms with Crippen LogP contribution in [0.5, 0.6) is 0 Å². The Labute approximate surface area is 301 Å². The minimum Gasteiger partial charge on any atom is -0.435 e. The Morgan fingerprint density at radius 2 is 0.942 bits per heavy atom. The van der Waals surface area contributed by atoms with Gasteiger partial charge in [-0.3, -0.25) is 0 Å². The highest BCUT2D eigenvalue weighted by molar-refractivity contribution is 6.16. The summed E-state index contributed by atoms with van der Waals surface area (Å²) in [6, 6.07) is 68.9. The van der Waals surface area contributed by atoms with Gasteiger partial charge in [-0.15, -0.1) is 0 Å². The van der Waals surface area contributed by atoms with Gasteiger partial charge in [0.2, 0.25) is 5.89 Å². The average molecular weight is 665 g/mol. The molecule has 0 amide bonds. The zero-order chi connectivity index (χ0) is 34.4. The first-order valence-corrected chi connectivity index (χ1v) is 17.6. The lowest BCUT2D eigenvalue weighted by molar-refractivity contribution is 0.623. The number of fused-ring (bicyclic) bond motifs is 6. The topological polar surface area (TPSA) is 29.3 Å². The van der Waals surface area contributed by atoms with Crippen molar-refractivity contribution in [2.24, 2.45) is 0 Å². The number of rotatable bonds is 6. The largest absolute Gasteiger partial charge is 0.435 e. The Balaban J connectivity index is 1.08. The van der Waals surface area contributed by atoms with E-state index < -0.39 is 0 Å². The van der Waals surface area contributed by atoms with E-state index in [-0.39, 0.29) is 0 Å². The molecule has 0 atom stereocenters. The first-order valence-electron chi connectivity index (χ1n) is 17.6. The van der Waals surface area contributed by atoms with Crippen LogP contribution >= 0.6 is 0 Å². The van der Waals surface area contributed by atoms with Crippen LogP contribution in [0.2, 0.25) is 0 Å². The van der Waals surface area contributed by atoms with Crippen molar-refractivity contribution >= 4 is 60.5 Å². The molecule has 0 aliphatic rings. The zero-order valence-electron chi connectivity index (χ0n) is 28.3. The molecule has 0 aliphatic heterocycles. The van der Waals surface area contributed by atoms with Gasteiger partial charge >= 0.3 is 0 Å². The van der Waals surface area contributed by atoms with Crippen LogP contribution < -0.4 is 4.90 Å². The predicted octanol–water partition coefficient (Wildman–Crippen LogP) is 13.8. The van der Waals surface area contributed by atoms with Gasteiger partial charge < -0.3 is 9.32 Å². The number of benzene rings is 9. The van der Waals surface area contributed by atoms with Crippen LogP contribution in [0.4, 0.5) is 17.1 Å². The molecule has 1 aromatic heterocycles. The molecule has 0 unspecified atom stereocenters. The molecule has 0 saturated carbocycles. The molecule has 244 valence electrons. The van der Waals surface area contributed by atoms with Crippen molar-refractivity contribution in [2.75, 3.05) is 4.90 Å². The van der Waals surface area contributed by atoms with Crippen LogP contribution in [0.3, 0.4) is 0 Å². The quantitative estimate of drug-likeness (QED) is 0.166. The van der Waals surface area contributed by atoms with Gasteiger partial charge in [-0.25, -0.2) is 4.98 Å². The molecule has 0 aliphatic carbocycles. The summed E-state index contributed by atoms with van der Waals surface area (Å²) in [7, 11) is 0. The number of hydrogen-bond donors (Lipinski definition) is 0. The zero-order valence-corrected chi connectivity index (χ0v) is 28.3. The summed E-state index contributed by atoms with van der Waals surface area (Å²) < 4.78 is 6.51. The van der Waals surface area contributed by atoms with Crippen LogP contribution in [-0.4, -0.2) is 4.98 Å². The third kappa shape index (κ3) is 5.28. The van der Waals surface area contributed by atoms with Crippen LogP contribution in [-0.2, 0) is 0 Å². The van der Waals surface area contributed by atoms with Crippen molar-refractivity contribution in [3.63, 3.8) is 0 Å². The second-order valence-electron chi connectivity index (χ2n) is 13.2. The summed E-state index contributed by atoms with van der Waals surface area (Å²) in [4.78, 5) is 7.25. The van der Waals surface area contributed by atoms with Gasteiger partial charge in [0.05, 0.1) is 0 Å². The standard InChI is InChI=1S/C49H32N2O/c1-3-10-33(11-4-1)36-20-23-41(24-21-36)51(42-17-9-16-38(31-42)34-12-5-2-6-13-34)43-25-27-44-39(32-43)22-26-46-45(44)28-29-47-48(46)52-49(50-47)40-19-18-35-14-7-8-15-37(35)30-40/h1-32H. The molecule has 0 spiro atoms. The van der Waals surface area contributed by atoms with Crippen molar-refractivity contribution in [3.8, 4) is 33.7 Å². The lowest BCUT2D eigenvalue weighted by atomic mass is 9.99. The molecule has 0 bridgehead atoms. The van der Waals surface area contributed by atoms with E-state index in [2.05, 4.69) is 199 Å². The van der Waals surface area contributed by atoms with Gasteiger partial charge in [0.15, 0.2) is 5.58 Å². The first kappa shape index (κ1) is 29.9. The van der Waals surface area contributed by atoms with Gasteiger partial charge in [-0.2, -0.15) is 0 Å². The molecule has 10 aromatic rings. The Hall–Kier alpha value is -6.97. The molecular formula is C49H32N2O. The number of hydrogen-bond acceptors (Lipinski definition) is 3.